The summed E-state index contributed by atoms with van der Waals surface area (Å²) in [6.07, 6.45) is 0. The normalized spacial score (nSPS) is 24.7. The summed E-state index contributed by atoms with van der Waals surface area (Å²) >= 11 is 17.0. The summed E-state index contributed by atoms with van der Waals surface area (Å²) in [6.45, 7) is 4.90. The van der Waals surface area contributed by atoms with Gasteiger partial charge in [-0.1, -0.05) is 76.0 Å². The topological polar surface area (TPSA) is 40.6 Å². The van der Waals surface area contributed by atoms with Crippen molar-refractivity contribution in [3.05, 3.63) is 34.3 Å². The highest BCUT2D eigenvalue weighted by Gasteiger charge is 2.50. The summed E-state index contributed by atoms with van der Waals surface area (Å²) in [5, 5.41) is -0.825. The molecule has 2 saturated heterocycles. The van der Waals surface area contributed by atoms with Gasteiger partial charge in [0.15, 0.2) is 0 Å². The van der Waals surface area contributed by atoms with Crippen LogP contribution in [0.2, 0.25) is 0 Å². The minimum Gasteiger partial charge on any atom is -0.297 e. The fourth-order valence-electron chi connectivity index (χ4n) is 3.15. The van der Waals surface area contributed by atoms with Crippen molar-refractivity contribution in [1.82, 2.24) is 9.80 Å². The van der Waals surface area contributed by atoms with Crippen molar-refractivity contribution in [2.75, 3.05) is 13.1 Å². The standard InChI is InChI=1S/C17H17BrN2O2S4/c1-3-19-14(21)12(25-16(19)23)11(9-5-7-10(18)8-6-9)13-15(22)20(4-2)17(24)26-13/h5-8,11-13H,3-4H2,1-2H3. The molecular formula is C17H17BrN2O2S4. The minimum absolute atomic E-state index is 0.0234. The van der Waals surface area contributed by atoms with Gasteiger partial charge in [0, 0.05) is 23.5 Å². The van der Waals surface area contributed by atoms with E-state index in [2.05, 4.69) is 15.9 Å². The van der Waals surface area contributed by atoms with E-state index in [-0.39, 0.29) is 17.7 Å². The first-order chi connectivity index (χ1) is 12.4. The Bertz CT molecular complexity index is 729. The Balaban J connectivity index is 2.02. The number of halogens is 1. The zero-order valence-electron chi connectivity index (χ0n) is 14.2. The van der Waals surface area contributed by atoms with E-state index in [0.717, 1.165) is 10.0 Å². The quantitative estimate of drug-likeness (QED) is 0.582. The van der Waals surface area contributed by atoms with E-state index in [1.54, 1.807) is 9.80 Å². The van der Waals surface area contributed by atoms with Gasteiger partial charge in [0.2, 0.25) is 11.8 Å². The molecule has 2 amide bonds. The van der Waals surface area contributed by atoms with Crippen LogP contribution in [0.4, 0.5) is 0 Å². The molecule has 2 unspecified atom stereocenters. The van der Waals surface area contributed by atoms with E-state index in [1.807, 2.05) is 38.1 Å². The first-order valence-electron chi connectivity index (χ1n) is 8.18. The van der Waals surface area contributed by atoms with Crippen LogP contribution in [-0.4, -0.2) is 53.8 Å². The average Bonchev–Trinajstić information content (AvgIpc) is 3.05. The second-order valence-electron chi connectivity index (χ2n) is 5.85. The van der Waals surface area contributed by atoms with E-state index in [0.29, 0.717) is 21.7 Å². The smallest absolute Gasteiger partial charge is 0.242 e. The summed E-state index contributed by atoms with van der Waals surface area (Å²) < 4.78 is 2.11. The van der Waals surface area contributed by atoms with Crippen LogP contribution in [0.3, 0.4) is 0 Å². The number of carbonyl (C=O) groups is 2. The van der Waals surface area contributed by atoms with Crippen molar-refractivity contribution in [2.45, 2.75) is 30.3 Å². The van der Waals surface area contributed by atoms with Gasteiger partial charge in [0.1, 0.15) is 8.64 Å². The summed E-state index contributed by atoms with van der Waals surface area (Å²) in [6, 6.07) is 7.79. The van der Waals surface area contributed by atoms with Crippen molar-refractivity contribution in [1.29, 1.82) is 0 Å². The van der Waals surface area contributed by atoms with Crippen LogP contribution in [0.25, 0.3) is 0 Å². The molecule has 26 heavy (non-hydrogen) atoms. The lowest BCUT2D eigenvalue weighted by molar-refractivity contribution is -0.127. The molecule has 1 aromatic carbocycles. The van der Waals surface area contributed by atoms with E-state index < -0.39 is 10.5 Å². The Morgan fingerprint density at radius 2 is 1.38 bits per heavy atom. The maximum atomic E-state index is 13.0. The molecule has 138 valence electrons. The highest BCUT2D eigenvalue weighted by Crippen LogP contribution is 2.46. The van der Waals surface area contributed by atoms with E-state index in [9.17, 15) is 9.59 Å². The first-order valence-corrected chi connectivity index (χ1v) is 11.5. The number of rotatable bonds is 5. The number of thiocarbonyl (C=S) groups is 2. The summed E-state index contributed by atoms with van der Waals surface area (Å²) in [5.41, 5.74) is 0.950. The first kappa shape index (κ1) is 20.3. The number of nitrogens with zero attached hydrogens (tertiary/aromatic N) is 2. The third-order valence-corrected chi connectivity index (χ3v) is 8.34. The van der Waals surface area contributed by atoms with Gasteiger partial charge in [-0.3, -0.25) is 19.4 Å². The molecule has 0 radical (unpaired) electrons. The zero-order chi connectivity index (χ0) is 19.0. The van der Waals surface area contributed by atoms with Crippen LogP contribution in [0.15, 0.2) is 28.7 Å². The van der Waals surface area contributed by atoms with E-state index >= 15 is 0 Å². The molecule has 9 heteroatoms. The lowest BCUT2D eigenvalue weighted by Gasteiger charge is -2.26. The monoisotopic (exact) mass is 488 g/mol. The van der Waals surface area contributed by atoms with Crippen molar-refractivity contribution >= 4 is 84.3 Å². The van der Waals surface area contributed by atoms with E-state index in [4.69, 9.17) is 24.4 Å². The lowest BCUT2D eigenvalue weighted by atomic mass is 9.90. The Kier molecular flexibility index (Phi) is 6.44. The molecule has 0 spiro atoms. The molecule has 4 nitrogen and oxygen atoms in total. The van der Waals surface area contributed by atoms with Crippen LogP contribution in [-0.2, 0) is 9.59 Å². The molecule has 2 aliphatic heterocycles. The molecule has 2 heterocycles. The van der Waals surface area contributed by atoms with Crippen molar-refractivity contribution in [3.63, 3.8) is 0 Å². The van der Waals surface area contributed by atoms with Crippen molar-refractivity contribution < 1.29 is 9.59 Å². The predicted molar refractivity (Wildman–Crippen MR) is 120 cm³/mol. The maximum absolute atomic E-state index is 13.0. The molecule has 0 aromatic heterocycles. The van der Waals surface area contributed by atoms with Crippen LogP contribution in [0.1, 0.15) is 25.3 Å². The fraction of sp³-hybridized carbons (Fsp3) is 0.412. The largest absolute Gasteiger partial charge is 0.297 e. The number of benzene rings is 1. The zero-order valence-corrected chi connectivity index (χ0v) is 19.0. The van der Waals surface area contributed by atoms with Gasteiger partial charge in [-0.25, -0.2) is 0 Å². The molecule has 1 aromatic rings. The third-order valence-electron chi connectivity index (χ3n) is 4.45. The maximum Gasteiger partial charge on any atom is 0.242 e. The van der Waals surface area contributed by atoms with Gasteiger partial charge < -0.3 is 0 Å². The minimum atomic E-state index is -0.412. The summed E-state index contributed by atoms with van der Waals surface area (Å²) in [7, 11) is 0. The number of hydrogen-bond acceptors (Lipinski definition) is 6. The Morgan fingerprint density at radius 3 is 1.73 bits per heavy atom. The summed E-state index contributed by atoms with van der Waals surface area (Å²) in [5.74, 6) is -0.337. The number of thioether (sulfide) groups is 2. The molecule has 2 atom stereocenters. The van der Waals surface area contributed by atoms with Gasteiger partial charge >= 0.3 is 0 Å². The van der Waals surface area contributed by atoms with Crippen LogP contribution in [0, 0.1) is 0 Å². The third kappa shape index (κ3) is 3.61. The second kappa shape index (κ2) is 8.26. The van der Waals surface area contributed by atoms with Crippen molar-refractivity contribution in [3.8, 4) is 0 Å². The number of carbonyl (C=O) groups excluding carboxylic acids is 2. The van der Waals surface area contributed by atoms with Crippen LogP contribution >= 0.6 is 63.9 Å². The highest BCUT2D eigenvalue weighted by molar-refractivity contribution is 9.10. The van der Waals surface area contributed by atoms with Gasteiger partial charge in [-0.2, -0.15) is 0 Å². The molecule has 2 aliphatic rings. The second-order valence-corrected chi connectivity index (χ2v) is 10.3. The van der Waals surface area contributed by atoms with Crippen LogP contribution in [0.5, 0.6) is 0 Å². The number of hydrogen-bond donors (Lipinski definition) is 0. The highest BCUT2D eigenvalue weighted by atomic mass is 79.9. The number of amides is 2. The molecule has 0 bridgehead atoms. The lowest BCUT2D eigenvalue weighted by Crippen LogP contribution is -2.40. The molecule has 0 aliphatic carbocycles. The Labute approximate surface area is 180 Å². The van der Waals surface area contributed by atoms with Crippen molar-refractivity contribution in [2.24, 2.45) is 0 Å². The van der Waals surface area contributed by atoms with Gasteiger partial charge in [-0.05, 0) is 31.5 Å². The molecule has 3 rings (SSSR count). The predicted octanol–water partition coefficient (Wildman–Crippen LogP) is 4.03. The fourth-order valence-corrected chi connectivity index (χ4v) is 7.08. The Hall–Kier alpha value is -0.480. The molecule has 0 saturated carbocycles. The molecule has 0 N–H and O–H groups in total. The molecular weight excluding hydrogens is 472 g/mol. The van der Waals surface area contributed by atoms with Gasteiger partial charge in [0.25, 0.3) is 0 Å². The SMILES string of the molecule is CCN1C(=O)C(C(c2ccc(Br)cc2)C2SC(=S)N(CC)C2=O)SC1=S. The van der Waals surface area contributed by atoms with Gasteiger partial charge in [-0.15, -0.1) is 0 Å². The summed E-state index contributed by atoms with van der Waals surface area (Å²) in [4.78, 5) is 29.2. The average molecular weight is 490 g/mol. The Morgan fingerprint density at radius 1 is 0.962 bits per heavy atom. The van der Waals surface area contributed by atoms with Gasteiger partial charge in [0.05, 0.1) is 10.5 Å². The van der Waals surface area contributed by atoms with Crippen LogP contribution < -0.4 is 0 Å². The van der Waals surface area contributed by atoms with E-state index in [1.165, 1.54) is 23.5 Å². The molecule has 2 fully saturated rings.